The van der Waals surface area contributed by atoms with Gasteiger partial charge < -0.3 is 28.7 Å². The second-order valence-corrected chi connectivity index (χ2v) is 14.4. The number of hydrogen-bond acceptors (Lipinski definition) is 9. The summed E-state index contributed by atoms with van der Waals surface area (Å²) in [5, 5.41) is 0.551. The zero-order valence-electron chi connectivity index (χ0n) is 26.0. The van der Waals surface area contributed by atoms with Crippen molar-refractivity contribution < 1.29 is 37.0 Å². The van der Waals surface area contributed by atoms with Crippen LogP contribution in [0.3, 0.4) is 0 Å². The molecule has 5 rings (SSSR count). The molecule has 2 aromatic rings. The Hall–Kier alpha value is -3.48. The Kier molecular flexibility index (Phi) is 9.85. The first-order chi connectivity index (χ1) is 21.3. The zero-order valence-corrected chi connectivity index (χ0v) is 27.5. The highest BCUT2D eigenvalue weighted by atomic mass is 35.5. The van der Waals surface area contributed by atoms with Crippen LogP contribution in [0.5, 0.6) is 11.5 Å². The van der Waals surface area contributed by atoms with E-state index < -0.39 is 33.7 Å². The molecule has 2 aliphatic heterocycles. The van der Waals surface area contributed by atoms with Gasteiger partial charge in [-0.05, 0) is 75.4 Å². The van der Waals surface area contributed by atoms with Crippen LogP contribution in [0.2, 0.25) is 5.02 Å². The van der Waals surface area contributed by atoms with Crippen LogP contribution in [0.25, 0.3) is 0 Å². The minimum Gasteiger partial charge on any atom is -0.493 e. The van der Waals surface area contributed by atoms with Crippen LogP contribution in [0, 0.1) is 11.8 Å². The molecule has 13 heteroatoms. The normalized spacial score (nSPS) is 25.3. The summed E-state index contributed by atoms with van der Waals surface area (Å²) >= 11 is 6.24. The van der Waals surface area contributed by atoms with Crippen molar-refractivity contribution in [2.75, 3.05) is 45.3 Å². The molecule has 0 unspecified atom stereocenters. The standard InChI is InChI=1S/C32H40ClN3O8S/c1-32(2)30(37)34-45(39,40)24-11-13-28-26(18-24)36(14-6-15-41-29-17-23(33)10-8-22(29)20-42-28)19-21-9-12-25(21)27(7-5-16-43-32)44-31(38)35(3)4/h5,7-8,10-11,13,17-18,21,25,27H,6,9,12,14-16,19-20H2,1-4H3,(H,34,37)/b7-5+/t21-,25+,27-/m0/s1. The Morgan fingerprint density at radius 3 is 2.64 bits per heavy atom. The predicted molar refractivity (Wildman–Crippen MR) is 169 cm³/mol. The number of anilines is 1. The number of carbonyl (C=O) groups excluding carboxylic acids is 2. The summed E-state index contributed by atoms with van der Waals surface area (Å²) in [5.41, 5.74) is -0.0866. The number of hydrogen-bond donors (Lipinski definition) is 1. The smallest absolute Gasteiger partial charge is 0.409 e. The molecule has 0 aromatic heterocycles. The van der Waals surface area contributed by atoms with Gasteiger partial charge >= 0.3 is 6.09 Å². The maximum atomic E-state index is 13.5. The predicted octanol–water partition coefficient (Wildman–Crippen LogP) is 4.77. The third-order valence-corrected chi connectivity index (χ3v) is 9.98. The molecule has 11 nitrogen and oxygen atoms in total. The monoisotopic (exact) mass is 661 g/mol. The zero-order chi connectivity index (χ0) is 32.4. The highest BCUT2D eigenvalue weighted by Crippen LogP contribution is 2.42. The van der Waals surface area contributed by atoms with E-state index in [9.17, 15) is 18.0 Å². The molecule has 2 bridgehead atoms. The van der Waals surface area contributed by atoms with E-state index in [0.29, 0.717) is 48.3 Å². The van der Waals surface area contributed by atoms with Gasteiger partial charge in [-0.25, -0.2) is 17.9 Å². The van der Waals surface area contributed by atoms with E-state index in [1.165, 1.54) is 24.8 Å². The average Bonchev–Trinajstić information content (AvgIpc) is 2.99. The average molecular weight is 662 g/mol. The van der Waals surface area contributed by atoms with Crippen molar-refractivity contribution in [2.24, 2.45) is 11.8 Å². The second kappa shape index (κ2) is 13.5. The summed E-state index contributed by atoms with van der Waals surface area (Å²) < 4.78 is 53.2. The molecule has 1 aliphatic carbocycles. The first-order valence-electron chi connectivity index (χ1n) is 15.0. The number of nitrogens with zero attached hydrogens (tertiary/aromatic N) is 2. The van der Waals surface area contributed by atoms with Crippen molar-refractivity contribution in [3.8, 4) is 11.5 Å². The van der Waals surface area contributed by atoms with Gasteiger partial charge in [-0.2, -0.15) is 0 Å². The van der Waals surface area contributed by atoms with Gasteiger partial charge in [0.1, 0.15) is 29.8 Å². The molecule has 244 valence electrons. The van der Waals surface area contributed by atoms with Crippen molar-refractivity contribution in [1.82, 2.24) is 9.62 Å². The Morgan fingerprint density at radius 2 is 1.91 bits per heavy atom. The van der Waals surface area contributed by atoms with Crippen molar-refractivity contribution >= 4 is 39.3 Å². The topological polar surface area (TPSA) is 124 Å². The number of ether oxygens (including phenoxy) is 4. The highest BCUT2D eigenvalue weighted by Gasteiger charge is 2.40. The largest absolute Gasteiger partial charge is 0.493 e. The SMILES string of the molecule is CN(C)C(=O)O[C@H]1/C=C/COC(C)(C)C(=O)NS(=O)(=O)c2ccc3c(c2)N(CCCOc2cc(Cl)ccc2CO3)C[C@@H]2CC[C@H]21. The van der Waals surface area contributed by atoms with E-state index in [2.05, 4.69) is 9.62 Å². The number of amides is 2. The fourth-order valence-electron chi connectivity index (χ4n) is 5.56. The number of sulfonamides is 1. The number of halogens is 1. The lowest BCUT2D eigenvalue weighted by molar-refractivity contribution is -0.139. The van der Waals surface area contributed by atoms with Gasteiger partial charge in [0.15, 0.2) is 0 Å². The summed E-state index contributed by atoms with van der Waals surface area (Å²) in [4.78, 5) is 29.2. The van der Waals surface area contributed by atoms with Crippen molar-refractivity contribution in [2.45, 2.75) is 56.3 Å². The minimum atomic E-state index is -4.25. The fraction of sp³-hybridized carbons (Fsp3) is 0.500. The number of carbonyl (C=O) groups is 2. The van der Waals surface area contributed by atoms with E-state index in [1.807, 2.05) is 6.07 Å². The molecule has 0 spiro atoms. The number of benzene rings is 2. The van der Waals surface area contributed by atoms with E-state index in [1.54, 1.807) is 50.5 Å². The molecular weight excluding hydrogens is 622 g/mol. The number of nitrogens with one attached hydrogen (secondary N) is 1. The first-order valence-corrected chi connectivity index (χ1v) is 16.9. The molecule has 0 saturated heterocycles. The lowest BCUT2D eigenvalue weighted by Crippen LogP contribution is -2.47. The quantitative estimate of drug-likeness (QED) is 0.431. The maximum Gasteiger partial charge on any atom is 0.409 e. The molecule has 2 heterocycles. The van der Waals surface area contributed by atoms with E-state index in [4.69, 9.17) is 30.5 Å². The lowest BCUT2D eigenvalue weighted by atomic mass is 9.70. The molecule has 3 atom stereocenters. The first kappa shape index (κ1) is 32.9. The van der Waals surface area contributed by atoms with Crippen LogP contribution in [-0.4, -0.2) is 77.4 Å². The molecule has 1 saturated carbocycles. The summed E-state index contributed by atoms with van der Waals surface area (Å²) in [5.74, 6) is 0.460. The van der Waals surface area contributed by atoms with Gasteiger partial charge in [-0.15, -0.1) is 0 Å². The van der Waals surface area contributed by atoms with Gasteiger partial charge in [-0.3, -0.25) is 4.79 Å². The highest BCUT2D eigenvalue weighted by molar-refractivity contribution is 7.90. The third-order valence-electron chi connectivity index (χ3n) is 8.42. The van der Waals surface area contributed by atoms with Gasteiger partial charge in [0.2, 0.25) is 0 Å². The van der Waals surface area contributed by atoms with Crippen LogP contribution >= 0.6 is 11.6 Å². The van der Waals surface area contributed by atoms with Gasteiger partial charge in [0, 0.05) is 43.7 Å². The van der Waals surface area contributed by atoms with Crippen molar-refractivity contribution in [3.05, 3.63) is 59.1 Å². The van der Waals surface area contributed by atoms with E-state index in [0.717, 1.165) is 18.4 Å². The van der Waals surface area contributed by atoms with Gasteiger partial charge in [0.25, 0.3) is 15.9 Å². The fourth-order valence-corrected chi connectivity index (χ4v) is 6.85. The van der Waals surface area contributed by atoms with Gasteiger partial charge in [0.05, 0.1) is 23.8 Å². The van der Waals surface area contributed by atoms with Crippen LogP contribution in [-0.2, 0) is 30.9 Å². The van der Waals surface area contributed by atoms with Crippen molar-refractivity contribution in [1.29, 1.82) is 0 Å². The molecule has 2 aromatic carbocycles. The third kappa shape index (κ3) is 7.67. The van der Waals surface area contributed by atoms with Crippen molar-refractivity contribution in [3.63, 3.8) is 0 Å². The summed E-state index contributed by atoms with van der Waals surface area (Å²) in [6.07, 6.45) is 4.92. The summed E-state index contributed by atoms with van der Waals surface area (Å²) in [7, 11) is -0.983. The molecule has 3 aliphatic rings. The molecule has 1 fully saturated rings. The maximum absolute atomic E-state index is 13.5. The van der Waals surface area contributed by atoms with Crippen LogP contribution in [0.4, 0.5) is 10.5 Å². The second-order valence-electron chi connectivity index (χ2n) is 12.2. The molecule has 1 N–H and O–H groups in total. The Bertz CT molecular complexity index is 1560. The van der Waals surface area contributed by atoms with Crippen LogP contribution in [0.15, 0.2) is 53.4 Å². The number of fused-ring (bicyclic) bond motifs is 3. The number of rotatable bonds is 1. The Balaban J connectivity index is 1.56. The van der Waals surface area contributed by atoms with E-state index >= 15 is 0 Å². The minimum absolute atomic E-state index is 0.0176. The lowest BCUT2D eigenvalue weighted by Gasteiger charge is -2.43. The van der Waals surface area contributed by atoms with E-state index in [-0.39, 0.29) is 29.9 Å². The van der Waals surface area contributed by atoms with Gasteiger partial charge in [-0.1, -0.05) is 23.7 Å². The Morgan fingerprint density at radius 1 is 1.11 bits per heavy atom. The summed E-state index contributed by atoms with van der Waals surface area (Å²) in [6.45, 7) is 4.68. The van der Waals surface area contributed by atoms with Crippen LogP contribution < -0.4 is 19.1 Å². The molecule has 0 radical (unpaired) electrons. The van der Waals surface area contributed by atoms with Crippen LogP contribution in [0.1, 0.15) is 38.7 Å². The molecule has 45 heavy (non-hydrogen) atoms. The summed E-state index contributed by atoms with van der Waals surface area (Å²) in [6, 6.07) is 9.95. The molecular formula is C32H40ClN3O8S. The Labute approximate surface area is 269 Å². The molecule has 2 amide bonds.